The fourth-order valence-corrected chi connectivity index (χ4v) is 2.87. The third-order valence-corrected chi connectivity index (χ3v) is 3.78. The molecule has 3 rings (SSSR count). The highest BCUT2D eigenvalue weighted by Crippen LogP contribution is 2.33. The van der Waals surface area contributed by atoms with Gasteiger partial charge < -0.3 is 9.90 Å². The molecule has 2 heteroatoms. The molecule has 2 nitrogen and oxygen atoms in total. The van der Waals surface area contributed by atoms with Crippen molar-refractivity contribution in [2.24, 2.45) is 0 Å². The third-order valence-electron chi connectivity index (χ3n) is 3.78. The smallest absolute Gasteiger partial charge is 0.0645 e. The Kier molecular flexibility index (Phi) is 3.15. The SMILES string of the molecule is CC(C=Cc1ccc2c3c(cccc13)CC2)=CC(=O)[O-]. The summed E-state index contributed by atoms with van der Waals surface area (Å²) < 4.78 is 0. The van der Waals surface area contributed by atoms with Crippen LogP contribution in [-0.4, -0.2) is 5.97 Å². The summed E-state index contributed by atoms with van der Waals surface area (Å²) in [7, 11) is 0. The molecule has 2 aromatic carbocycles. The fraction of sp³-hybridized carbons (Fsp3) is 0.167. The first-order chi connectivity index (χ1) is 9.65. The van der Waals surface area contributed by atoms with Crippen LogP contribution in [0.15, 0.2) is 48.1 Å². The van der Waals surface area contributed by atoms with Gasteiger partial charge in [0.15, 0.2) is 0 Å². The Morgan fingerprint density at radius 1 is 1.15 bits per heavy atom. The molecule has 0 amide bonds. The minimum atomic E-state index is -1.16. The molecule has 100 valence electrons. The van der Waals surface area contributed by atoms with E-state index in [1.165, 1.54) is 21.9 Å². The lowest BCUT2D eigenvalue weighted by Gasteiger charge is -2.05. The van der Waals surface area contributed by atoms with Gasteiger partial charge in [-0.2, -0.15) is 0 Å². The van der Waals surface area contributed by atoms with Crippen molar-refractivity contribution in [3.05, 3.63) is 64.7 Å². The number of hydrogen-bond acceptors (Lipinski definition) is 2. The lowest BCUT2D eigenvalue weighted by atomic mass is 9.99. The summed E-state index contributed by atoms with van der Waals surface area (Å²) >= 11 is 0. The molecule has 20 heavy (non-hydrogen) atoms. The Labute approximate surface area is 118 Å². The van der Waals surface area contributed by atoms with E-state index < -0.39 is 5.97 Å². The molecule has 0 fully saturated rings. The van der Waals surface area contributed by atoms with E-state index in [9.17, 15) is 9.90 Å². The van der Waals surface area contributed by atoms with E-state index >= 15 is 0 Å². The van der Waals surface area contributed by atoms with Crippen LogP contribution in [0.25, 0.3) is 16.8 Å². The van der Waals surface area contributed by atoms with Crippen molar-refractivity contribution in [2.45, 2.75) is 19.8 Å². The maximum atomic E-state index is 10.5. The van der Waals surface area contributed by atoms with Gasteiger partial charge in [-0.15, -0.1) is 0 Å². The monoisotopic (exact) mass is 263 g/mol. The number of carbonyl (C=O) groups excluding carboxylic acids is 1. The summed E-state index contributed by atoms with van der Waals surface area (Å²) in [6.45, 7) is 1.76. The minimum Gasteiger partial charge on any atom is -0.545 e. The molecule has 0 bridgehead atoms. The highest BCUT2D eigenvalue weighted by molar-refractivity contribution is 5.96. The molecule has 0 saturated heterocycles. The van der Waals surface area contributed by atoms with Gasteiger partial charge in [-0.25, -0.2) is 0 Å². The number of benzene rings is 2. The van der Waals surface area contributed by atoms with Crippen molar-refractivity contribution in [3.8, 4) is 0 Å². The number of carbonyl (C=O) groups is 1. The average Bonchev–Trinajstić information content (AvgIpc) is 2.83. The Balaban J connectivity index is 2.06. The predicted octanol–water partition coefficient (Wildman–Crippen LogP) is 2.65. The van der Waals surface area contributed by atoms with E-state index in [0.717, 1.165) is 24.5 Å². The van der Waals surface area contributed by atoms with E-state index in [0.29, 0.717) is 5.57 Å². The first-order valence-electron chi connectivity index (χ1n) is 6.76. The van der Waals surface area contributed by atoms with Gasteiger partial charge >= 0.3 is 0 Å². The molecule has 1 aliphatic rings. The molecule has 2 aromatic rings. The molecule has 0 atom stereocenters. The van der Waals surface area contributed by atoms with E-state index in [-0.39, 0.29) is 0 Å². The van der Waals surface area contributed by atoms with Crippen LogP contribution >= 0.6 is 0 Å². The number of carboxylic acids is 1. The van der Waals surface area contributed by atoms with Crippen molar-refractivity contribution >= 4 is 22.8 Å². The molecular weight excluding hydrogens is 248 g/mol. The maximum absolute atomic E-state index is 10.5. The van der Waals surface area contributed by atoms with Crippen molar-refractivity contribution in [2.75, 3.05) is 0 Å². The summed E-state index contributed by atoms with van der Waals surface area (Å²) in [6.07, 6.45) is 7.12. The molecule has 0 N–H and O–H groups in total. The zero-order chi connectivity index (χ0) is 14.1. The molecule has 0 aromatic heterocycles. The Morgan fingerprint density at radius 2 is 1.90 bits per heavy atom. The van der Waals surface area contributed by atoms with Gasteiger partial charge in [0.2, 0.25) is 0 Å². The number of aryl methyl sites for hydroxylation is 2. The standard InChI is InChI=1S/C18H16O2/c1-12(11-17(19)20)5-6-13-7-8-15-10-9-14-3-2-4-16(13)18(14)15/h2-8,11H,9-10H2,1H3,(H,19,20)/p-1. The minimum absolute atomic E-state index is 0.674. The van der Waals surface area contributed by atoms with Gasteiger partial charge in [0, 0.05) is 0 Å². The summed E-state index contributed by atoms with van der Waals surface area (Å²) in [5, 5.41) is 13.1. The third kappa shape index (κ3) is 2.25. The summed E-state index contributed by atoms with van der Waals surface area (Å²) in [5.41, 5.74) is 4.62. The molecule has 0 aliphatic heterocycles. The van der Waals surface area contributed by atoms with Crippen LogP contribution in [0.5, 0.6) is 0 Å². The van der Waals surface area contributed by atoms with Crippen LogP contribution in [0, 0.1) is 0 Å². The van der Waals surface area contributed by atoms with Crippen molar-refractivity contribution < 1.29 is 9.90 Å². The van der Waals surface area contributed by atoms with E-state index in [1.54, 1.807) is 6.92 Å². The summed E-state index contributed by atoms with van der Waals surface area (Å²) in [4.78, 5) is 10.5. The van der Waals surface area contributed by atoms with Crippen LogP contribution in [0.2, 0.25) is 0 Å². The number of aliphatic carboxylic acids is 1. The predicted molar refractivity (Wildman–Crippen MR) is 79.2 cm³/mol. The van der Waals surface area contributed by atoms with Crippen LogP contribution in [-0.2, 0) is 17.6 Å². The molecule has 1 aliphatic carbocycles. The molecule has 0 spiro atoms. The van der Waals surface area contributed by atoms with Crippen LogP contribution in [0.3, 0.4) is 0 Å². The fourth-order valence-electron chi connectivity index (χ4n) is 2.87. The van der Waals surface area contributed by atoms with Gasteiger partial charge in [-0.3, -0.25) is 0 Å². The first kappa shape index (κ1) is 12.7. The van der Waals surface area contributed by atoms with Gasteiger partial charge in [0.1, 0.15) is 0 Å². The van der Waals surface area contributed by atoms with Crippen LogP contribution in [0.1, 0.15) is 23.6 Å². The molecular formula is C18H15O2-. The Morgan fingerprint density at radius 3 is 2.65 bits per heavy atom. The topological polar surface area (TPSA) is 40.1 Å². The van der Waals surface area contributed by atoms with E-state index in [4.69, 9.17) is 0 Å². The van der Waals surface area contributed by atoms with Gasteiger partial charge in [0.25, 0.3) is 0 Å². The lowest BCUT2D eigenvalue weighted by Crippen LogP contribution is -2.19. The van der Waals surface area contributed by atoms with Crippen molar-refractivity contribution in [1.29, 1.82) is 0 Å². The van der Waals surface area contributed by atoms with Gasteiger partial charge in [-0.1, -0.05) is 42.5 Å². The first-order valence-corrected chi connectivity index (χ1v) is 6.76. The highest BCUT2D eigenvalue weighted by Gasteiger charge is 2.14. The van der Waals surface area contributed by atoms with Crippen LogP contribution < -0.4 is 5.11 Å². The Bertz CT molecular complexity index is 741. The number of carboxylic acid groups (broad SMARTS) is 1. The zero-order valence-electron chi connectivity index (χ0n) is 11.3. The van der Waals surface area contributed by atoms with Gasteiger partial charge in [-0.05, 0) is 58.9 Å². The van der Waals surface area contributed by atoms with Crippen molar-refractivity contribution in [3.63, 3.8) is 0 Å². The normalized spacial score (nSPS) is 14.3. The molecule has 0 saturated carbocycles. The van der Waals surface area contributed by atoms with Gasteiger partial charge in [0.05, 0.1) is 5.97 Å². The van der Waals surface area contributed by atoms with E-state index in [1.807, 2.05) is 12.2 Å². The highest BCUT2D eigenvalue weighted by atomic mass is 16.4. The number of allylic oxidation sites excluding steroid dienone is 2. The van der Waals surface area contributed by atoms with E-state index in [2.05, 4.69) is 30.3 Å². The van der Waals surface area contributed by atoms with Crippen molar-refractivity contribution in [1.82, 2.24) is 0 Å². The second kappa shape index (κ2) is 4.97. The summed E-state index contributed by atoms with van der Waals surface area (Å²) in [5.74, 6) is -1.16. The largest absolute Gasteiger partial charge is 0.545 e. The molecule has 0 unspecified atom stereocenters. The lowest BCUT2D eigenvalue weighted by molar-refractivity contribution is -0.297. The average molecular weight is 263 g/mol. The molecule has 0 radical (unpaired) electrons. The Hall–Kier alpha value is -2.35. The second-order valence-corrected chi connectivity index (χ2v) is 5.19. The second-order valence-electron chi connectivity index (χ2n) is 5.19. The summed E-state index contributed by atoms with van der Waals surface area (Å²) in [6, 6.07) is 10.7. The number of hydrogen-bond donors (Lipinski definition) is 0. The number of rotatable bonds is 3. The zero-order valence-corrected chi connectivity index (χ0v) is 11.3. The quantitative estimate of drug-likeness (QED) is 0.631. The van der Waals surface area contributed by atoms with Crippen LogP contribution in [0.4, 0.5) is 0 Å². The molecule has 0 heterocycles. The maximum Gasteiger partial charge on any atom is 0.0645 e.